The molecule has 1 fully saturated rings. The minimum Gasteiger partial charge on any atom is -0.388 e. The van der Waals surface area contributed by atoms with Gasteiger partial charge in [0.15, 0.2) is 0 Å². The van der Waals surface area contributed by atoms with E-state index in [1.807, 2.05) is 17.8 Å². The molecule has 1 aromatic rings. The molecule has 0 aliphatic heterocycles. The van der Waals surface area contributed by atoms with Crippen LogP contribution in [0.15, 0.2) is 16.9 Å². The maximum Gasteiger partial charge on any atom is 0.0843 e. The third-order valence-corrected chi connectivity index (χ3v) is 2.94. The third kappa shape index (κ3) is 1.19. The van der Waals surface area contributed by atoms with E-state index in [1.165, 1.54) is 0 Å². The highest BCUT2D eigenvalue weighted by Gasteiger charge is 2.42. The Hall–Kier alpha value is -0.350. The van der Waals surface area contributed by atoms with E-state index in [-0.39, 0.29) is 6.04 Å². The number of aliphatic hydroxyl groups is 1. The first kappa shape index (κ1) is 8.26. The molecule has 2 unspecified atom stereocenters. The summed E-state index contributed by atoms with van der Waals surface area (Å²) in [6.45, 7) is 1.86. The van der Waals surface area contributed by atoms with Crippen molar-refractivity contribution in [1.29, 1.82) is 0 Å². The Morgan fingerprint density at radius 2 is 2.58 bits per heavy atom. The minimum atomic E-state index is -0.564. The van der Waals surface area contributed by atoms with Gasteiger partial charge in [0.2, 0.25) is 0 Å². The molecule has 12 heavy (non-hydrogen) atoms. The highest BCUT2D eigenvalue weighted by Crippen LogP contribution is 2.41. The molecule has 1 aliphatic rings. The number of hydrogen-bond donors (Lipinski definition) is 1. The summed E-state index contributed by atoms with van der Waals surface area (Å²) >= 11 is 3.33. The predicted octanol–water partition coefficient (Wildman–Crippen LogP) is 1.73. The van der Waals surface area contributed by atoms with Crippen LogP contribution in [0.4, 0.5) is 0 Å². The van der Waals surface area contributed by atoms with Crippen molar-refractivity contribution in [3.05, 3.63) is 16.9 Å². The van der Waals surface area contributed by atoms with Crippen LogP contribution in [0.1, 0.15) is 25.8 Å². The van der Waals surface area contributed by atoms with Gasteiger partial charge in [-0.1, -0.05) is 0 Å². The maximum atomic E-state index is 9.76. The molecule has 0 saturated heterocycles. The summed E-state index contributed by atoms with van der Waals surface area (Å²) in [5, 5.41) is 13.9. The molecule has 0 aromatic carbocycles. The SMILES string of the molecule is CC1(O)CCC1n1cc(Br)cn1. The van der Waals surface area contributed by atoms with Crippen molar-refractivity contribution in [3.8, 4) is 0 Å². The first-order chi connectivity index (χ1) is 5.59. The van der Waals surface area contributed by atoms with Crippen LogP contribution in [-0.4, -0.2) is 20.5 Å². The summed E-state index contributed by atoms with van der Waals surface area (Å²) in [5.74, 6) is 0. The molecule has 0 spiro atoms. The Kier molecular flexibility index (Phi) is 1.77. The normalized spacial score (nSPS) is 34.8. The summed E-state index contributed by atoms with van der Waals surface area (Å²) in [6, 6.07) is 0.156. The van der Waals surface area contributed by atoms with Gasteiger partial charge in [0.1, 0.15) is 0 Å². The summed E-state index contributed by atoms with van der Waals surface area (Å²) in [4.78, 5) is 0. The van der Waals surface area contributed by atoms with E-state index >= 15 is 0 Å². The number of nitrogens with zero attached hydrogens (tertiary/aromatic N) is 2. The second-order valence-electron chi connectivity index (χ2n) is 3.55. The Labute approximate surface area is 79.5 Å². The van der Waals surface area contributed by atoms with Gasteiger partial charge in [-0.3, -0.25) is 4.68 Å². The van der Waals surface area contributed by atoms with Crippen molar-refractivity contribution in [2.45, 2.75) is 31.4 Å². The zero-order valence-electron chi connectivity index (χ0n) is 6.87. The van der Waals surface area contributed by atoms with Crippen molar-refractivity contribution in [2.75, 3.05) is 0 Å². The Bertz CT molecular complexity index is 295. The van der Waals surface area contributed by atoms with Gasteiger partial charge in [0.05, 0.1) is 22.3 Å². The van der Waals surface area contributed by atoms with Crippen LogP contribution in [0.5, 0.6) is 0 Å². The molecule has 3 nitrogen and oxygen atoms in total. The summed E-state index contributed by atoms with van der Waals surface area (Å²) < 4.78 is 2.79. The van der Waals surface area contributed by atoms with E-state index < -0.39 is 5.60 Å². The van der Waals surface area contributed by atoms with Crippen LogP contribution >= 0.6 is 15.9 Å². The van der Waals surface area contributed by atoms with Crippen LogP contribution in [-0.2, 0) is 0 Å². The number of halogens is 1. The van der Waals surface area contributed by atoms with E-state index in [4.69, 9.17) is 0 Å². The zero-order chi connectivity index (χ0) is 8.77. The van der Waals surface area contributed by atoms with Gasteiger partial charge in [-0.25, -0.2) is 0 Å². The van der Waals surface area contributed by atoms with Gasteiger partial charge in [-0.15, -0.1) is 0 Å². The van der Waals surface area contributed by atoms with Gasteiger partial charge in [-0.2, -0.15) is 5.10 Å². The summed E-state index contributed by atoms with van der Waals surface area (Å²) in [7, 11) is 0. The van der Waals surface area contributed by atoms with Gasteiger partial charge in [0, 0.05) is 6.20 Å². The topological polar surface area (TPSA) is 38.0 Å². The fourth-order valence-electron chi connectivity index (χ4n) is 1.59. The average molecular weight is 231 g/mol. The minimum absolute atomic E-state index is 0.156. The third-order valence-electron chi connectivity index (χ3n) is 2.53. The van der Waals surface area contributed by atoms with Crippen LogP contribution in [0.25, 0.3) is 0 Å². The van der Waals surface area contributed by atoms with Crippen LogP contribution in [0.2, 0.25) is 0 Å². The lowest BCUT2D eigenvalue weighted by molar-refractivity contribution is -0.0737. The average Bonchev–Trinajstić information content (AvgIpc) is 2.34. The lowest BCUT2D eigenvalue weighted by Gasteiger charge is -2.42. The van der Waals surface area contributed by atoms with Crippen molar-refractivity contribution in [3.63, 3.8) is 0 Å². The van der Waals surface area contributed by atoms with Gasteiger partial charge in [0.25, 0.3) is 0 Å². The molecular weight excluding hydrogens is 220 g/mol. The van der Waals surface area contributed by atoms with E-state index in [1.54, 1.807) is 6.20 Å². The quantitative estimate of drug-likeness (QED) is 0.799. The van der Waals surface area contributed by atoms with Crippen LogP contribution in [0.3, 0.4) is 0 Å². The van der Waals surface area contributed by atoms with Crippen LogP contribution in [0, 0.1) is 0 Å². The van der Waals surface area contributed by atoms with Gasteiger partial charge < -0.3 is 5.11 Å². The number of hydrogen-bond acceptors (Lipinski definition) is 2. The van der Waals surface area contributed by atoms with E-state index in [2.05, 4.69) is 21.0 Å². The Morgan fingerprint density at radius 3 is 2.92 bits per heavy atom. The molecule has 0 radical (unpaired) electrons. The summed E-state index contributed by atoms with van der Waals surface area (Å²) in [6.07, 6.45) is 5.53. The summed E-state index contributed by atoms with van der Waals surface area (Å²) in [5.41, 5.74) is -0.564. The molecule has 0 amide bonds. The molecule has 1 heterocycles. The van der Waals surface area contributed by atoms with Crippen LogP contribution < -0.4 is 0 Å². The monoisotopic (exact) mass is 230 g/mol. The second kappa shape index (κ2) is 2.57. The van der Waals surface area contributed by atoms with Crippen molar-refractivity contribution in [1.82, 2.24) is 9.78 Å². The smallest absolute Gasteiger partial charge is 0.0843 e. The Balaban J connectivity index is 2.21. The highest BCUT2D eigenvalue weighted by atomic mass is 79.9. The fourth-order valence-corrected chi connectivity index (χ4v) is 1.90. The lowest BCUT2D eigenvalue weighted by atomic mass is 9.76. The molecule has 1 saturated carbocycles. The molecule has 66 valence electrons. The number of aromatic nitrogens is 2. The van der Waals surface area contributed by atoms with Gasteiger partial charge >= 0.3 is 0 Å². The Morgan fingerprint density at radius 1 is 1.83 bits per heavy atom. The molecule has 4 heteroatoms. The predicted molar refractivity (Wildman–Crippen MR) is 48.8 cm³/mol. The second-order valence-corrected chi connectivity index (χ2v) is 4.47. The zero-order valence-corrected chi connectivity index (χ0v) is 8.45. The largest absolute Gasteiger partial charge is 0.388 e. The lowest BCUT2D eigenvalue weighted by Crippen LogP contribution is -2.45. The van der Waals surface area contributed by atoms with Crippen molar-refractivity contribution < 1.29 is 5.11 Å². The molecular formula is C8H11BrN2O. The molecule has 2 rings (SSSR count). The first-order valence-electron chi connectivity index (χ1n) is 4.02. The van der Waals surface area contributed by atoms with Crippen molar-refractivity contribution >= 4 is 15.9 Å². The number of rotatable bonds is 1. The standard InChI is InChI=1S/C8H11BrN2O/c1-8(12)3-2-7(8)11-5-6(9)4-10-11/h4-5,7,12H,2-3H2,1H3. The van der Waals surface area contributed by atoms with Gasteiger partial charge in [-0.05, 0) is 35.7 Å². The maximum absolute atomic E-state index is 9.76. The molecule has 1 aliphatic carbocycles. The van der Waals surface area contributed by atoms with E-state index in [0.29, 0.717) is 0 Å². The van der Waals surface area contributed by atoms with E-state index in [0.717, 1.165) is 17.3 Å². The molecule has 1 aromatic heterocycles. The molecule has 2 atom stereocenters. The highest BCUT2D eigenvalue weighted by molar-refractivity contribution is 9.10. The molecule has 0 bridgehead atoms. The molecule has 1 N–H and O–H groups in total. The fraction of sp³-hybridized carbons (Fsp3) is 0.625. The van der Waals surface area contributed by atoms with E-state index in [9.17, 15) is 5.11 Å². The van der Waals surface area contributed by atoms with Crippen molar-refractivity contribution in [2.24, 2.45) is 0 Å². The first-order valence-corrected chi connectivity index (χ1v) is 4.81.